The third kappa shape index (κ3) is 2.28. The molecule has 1 heterocycles. The summed E-state index contributed by atoms with van der Waals surface area (Å²) in [5.41, 5.74) is 0.590. The van der Waals surface area contributed by atoms with Gasteiger partial charge in [-0.2, -0.15) is 5.26 Å². The second kappa shape index (κ2) is 5.05. The van der Waals surface area contributed by atoms with Gasteiger partial charge in [-0.05, 0) is 25.0 Å². The second-order valence-electron chi connectivity index (χ2n) is 4.35. The van der Waals surface area contributed by atoms with Gasteiger partial charge in [-0.1, -0.05) is 6.07 Å². The van der Waals surface area contributed by atoms with Gasteiger partial charge in [-0.3, -0.25) is 4.79 Å². The molecule has 1 N–H and O–H groups in total. The van der Waals surface area contributed by atoms with E-state index in [0.29, 0.717) is 31.6 Å². The number of halogens is 1. The molecule has 0 atom stereocenters. The molecule has 4 nitrogen and oxygen atoms in total. The monoisotopic (exact) mass is 248 g/mol. The molecule has 2 rings (SSSR count). The number of piperidine rings is 1. The molecule has 1 aliphatic rings. The maximum absolute atomic E-state index is 13.5. The van der Waals surface area contributed by atoms with Crippen molar-refractivity contribution in [3.63, 3.8) is 0 Å². The lowest BCUT2D eigenvalue weighted by molar-refractivity contribution is -0.142. The van der Waals surface area contributed by atoms with Crippen LogP contribution < -0.4 is 4.90 Å². The van der Waals surface area contributed by atoms with Crippen molar-refractivity contribution < 1.29 is 14.3 Å². The molecule has 0 saturated carbocycles. The van der Waals surface area contributed by atoms with E-state index in [1.54, 1.807) is 12.1 Å². The Labute approximate surface area is 104 Å². The standard InChI is InChI=1S/C13H13FN2O2/c14-11-2-1-3-12(10(11)8-15)16-6-4-9(5-7-16)13(17)18/h1-3,9H,4-7H2,(H,17,18). The van der Waals surface area contributed by atoms with E-state index in [0.717, 1.165) is 0 Å². The zero-order valence-electron chi connectivity index (χ0n) is 9.77. The van der Waals surface area contributed by atoms with Crippen LogP contribution in [0.1, 0.15) is 18.4 Å². The van der Waals surface area contributed by atoms with E-state index in [1.165, 1.54) is 6.07 Å². The van der Waals surface area contributed by atoms with E-state index in [1.807, 2.05) is 11.0 Å². The van der Waals surface area contributed by atoms with E-state index in [4.69, 9.17) is 10.4 Å². The van der Waals surface area contributed by atoms with Gasteiger partial charge in [0.2, 0.25) is 0 Å². The summed E-state index contributed by atoms with van der Waals surface area (Å²) in [6.07, 6.45) is 1.05. The number of anilines is 1. The van der Waals surface area contributed by atoms with Crippen LogP contribution in [0.25, 0.3) is 0 Å². The Balaban J connectivity index is 2.18. The summed E-state index contributed by atoms with van der Waals surface area (Å²) in [6.45, 7) is 1.07. The van der Waals surface area contributed by atoms with Crippen LogP contribution in [0.2, 0.25) is 0 Å². The molecular weight excluding hydrogens is 235 g/mol. The topological polar surface area (TPSA) is 64.3 Å². The van der Waals surface area contributed by atoms with Crippen molar-refractivity contribution in [1.29, 1.82) is 5.26 Å². The van der Waals surface area contributed by atoms with Crippen LogP contribution in [0.4, 0.5) is 10.1 Å². The molecule has 0 unspecified atom stereocenters. The predicted octanol–water partition coefficient (Wildman–Crippen LogP) is 2.00. The Bertz CT molecular complexity index is 502. The van der Waals surface area contributed by atoms with Gasteiger partial charge in [0.05, 0.1) is 11.6 Å². The first-order valence-corrected chi connectivity index (χ1v) is 5.80. The summed E-state index contributed by atoms with van der Waals surface area (Å²) in [6, 6.07) is 6.38. The van der Waals surface area contributed by atoms with Gasteiger partial charge < -0.3 is 10.0 Å². The maximum Gasteiger partial charge on any atom is 0.306 e. The highest BCUT2D eigenvalue weighted by atomic mass is 19.1. The SMILES string of the molecule is N#Cc1c(F)cccc1N1CCC(C(=O)O)CC1. The fourth-order valence-electron chi connectivity index (χ4n) is 2.25. The molecule has 0 spiro atoms. The summed E-state index contributed by atoms with van der Waals surface area (Å²) in [5.74, 6) is -1.65. The molecule has 1 aromatic carbocycles. The number of carboxylic acids is 1. The first-order valence-electron chi connectivity index (χ1n) is 5.80. The van der Waals surface area contributed by atoms with Crippen LogP contribution in [0.3, 0.4) is 0 Å². The third-order valence-electron chi connectivity index (χ3n) is 3.29. The molecule has 0 radical (unpaired) electrons. The smallest absolute Gasteiger partial charge is 0.306 e. The molecule has 0 amide bonds. The highest BCUT2D eigenvalue weighted by Gasteiger charge is 2.26. The molecule has 0 bridgehead atoms. The van der Waals surface area contributed by atoms with Crippen LogP contribution >= 0.6 is 0 Å². The molecule has 1 saturated heterocycles. The Morgan fingerprint density at radius 2 is 2.11 bits per heavy atom. The van der Waals surface area contributed by atoms with Gasteiger partial charge in [-0.15, -0.1) is 0 Å². The Morgan fingerprint density at radius 3 is 2.67 bits per heavy atom. The van der Waals surface area contributed by atoms with Crippen molar-refractivity contribution in [1.82, 2.24) is 0 Å². The van der Waals surface area contributed by atoms with Gasteiger partial charge in [-0.25, -0.2) is 4.39 Å². The lowest BCUT2D eigenvalue weighted by Crippen LogP contribution is -2.36. The van der Waals surface area contributed by atoms with Crippen LogP contribution in [0.5, 0.6) is 0 Å². The van der Waals surface area contributed by atoms with Crippen molar-refractivity contribution in [2.75, 3.05) is 18.0 Å². The lowest BCUT2D eigenvalue weighted by atomic mass is 9.96. The minimum absolute atomic E-state index is 0.0336. The number of carbonyl (C=O) groups is 1. The average molecular weight is 248 g/mol. The highest BCUT2D eigenvalue weighted by molar-refractivity contribution is 5.70. The third-order valence-corrected chi connectivity index (χ3v) is 3.29. The van der Waals surface area contributed by atoms with E-state index in [2.05, 4.69) is 0 Å². The summed E-state index contributed by atoms with van der Waals surface area (Å²) in [4.78, 5) is 12.7. The zero-order valence-corrected chi connectivity index (χ0v) is 9.77. The second-order valence-corrected chi connectivity index (χ2v) is 4.35. The fraction of sp³-hybridized carbons (Fsp3) is 0.385. The van der Waals surface area contributed by atoms with Crippen LogP contribution in [-0.2, 0) is 4.79 Å². The van der Waals surface area contributed by atoms with Gasteiger partial charge >= 0.3 is 5.97 Å². The summed E-state index contributed by atoms with van der Waals surface area (Å²) >= 11 is 0. The van der Waals surface area contributed by atoms with Gasteiger partial charge in [0, 0.05) is 13.1 Å². The lowest BCUT2D eigenvalue weighted by Gasteiger charge is -2.32. The molecule has 1 fully saturated rings. The van der Waals surface area contributed by atoms with Crippen molar-refractivity contribution in [2.24, 2.45) is 5.92 Å². The number of carboxylic acid groups (broad SMARTS) is 1. The van der Waals surface area contributed by atoms with Crippen molar-refractivity contribution in [3.05, 3.63) is 29.6 Å². The molecule has 0 aliphatic carbocycles. The number of hydrogen-bond acceptors (Lipinski definition) is 3. The van der Waals surface area contributed by atoms with E-state index >= 15 is 0 Å². The summed E-state index contributed by atoms with van der Waals surface area (Å²) < 4.78 is 13.5. The Morgan fingerprint density at radius 1 is 1.44 bits per heavy atom. The first-order chi connectivity index (χ1) is 8.63. The molecule has 1 aliphatic heterocycles. The predicted molar refractivity (Wildman–Crippen MR) is 63.7 cm³/mol. The van der Waals surface area contributed by atoms with Crippen LogP contribution in [-0.4, -0.2) is 24.2 Å². The molecule has 18 heavy (non-hydrogen) atoms. The van der Waals surface area contributed by atoms with E-state index in [9.17, 15) is 9.18 Å². The number of hydrogen-bond donors (Lipinski definition) is 1. The summed E-state index contributed by atoms with van der Waals surface area (Å²) in [5, 5.41) is 17.9. The highest BCUT2D eigenvalue weighted by Crippen LogP contribution is 2.27. The normalized spacial score (nSPS) is 16.3. The number of aliphatic carboxylic acids is 1. The minimum Gasteiger partial charge on any atom is -0.481 e. The Kier molecular flexibility index (Phi) is 3.47. The average Bonchev–Trinajstić information content (AvgIpc) is 2.38. The molecule has 5 heteroatoms. The largest absolute Gasteiger partial charge is 0.481 e. The summed E-state index contributed by atoms with van der Waals surface area (Å²) in [7, 11) is 0. The molecule has 1 aromatic rings. The quantitative estimate of drug-likeness (QED) is 0.869. The van der Waals surface area contributed by atoms with E-state index < -0.39 is 11.8 Å². The fourth-order valence-corrected chi connectivity index (χ4v) is 2.25. The first kappa shape index (κ1) is 12.4. The van der Waals surface area contributed by atoms with Crippen molar-refractivity contribution in [2.45, 2.75) is 12.8 Å². The van der Waals surface area contributed by atoms with Crippen LogP contribution in [0.15, 0.2) is 18.2 Å². The molecular formula is C13H13FN2O2. The van der Waals surface area contributed by atoms with Crippen molar-refractivity contribution in [3.8, 4) is 6.07 Å². The van der Waals surface area contributed by atoms with Crippen LogP contribution in [0, 0.1) is 23.1 Å². The zero-order chi connectivity index (χ0) is 13.1. The number of rotatable bonds is 2. The Hall–Kier alpha value is -2.09. The maximum atomic E-state index is 13.5. The molecule has 0 aromatic heterocycles. The van der Waals surface area contributed by atoms with E-state index in [-0.39, 0.29) is 11.5 Å². The number of benzene rings is 1. The van der Waals surface area contributed by atoms with Gasteiger partial charge in [0.1, 0.15) is 17.4 Å². The molecule has 94 valence electrons. The van der Waals surface area contributed by atoms with Crippen molar-refractivity contribution >= 4 is 11.7 Å². The number of nitrogens with zero attached hydrogens (tertiary/aromatic N) is 2. The minimum atomic E-state index is -0.783. The number of nitriles is 1. The van der Waals surface area contributed by atoms with Gasteiger partial charge in [0.25, 0.3) is 0 Å². The van der Waals surface area contributed by atoms with Gasteiger partial charge in [0.15, 0.2) is 0 Å².